The number of thiocarbonyl (C=S) groups is 1. The quantitative estimate of drug-likeness (QED) is 0.444. The van der Waals surface area contributed by atoms with Gasteiger partial charge >= 0.3 is 5.97 Å². The fourth-order valence-corrected chi connectivity index (χ4v) is 4.02. The van der Waals surface area contributed by atoms with Crippen molar-refractivity contribution in [2.45, 2.75) is 19.3 Å². The summed E-state index contributed by atoms with van der Waals surface area (Å²) < 4.78 is 5.40. The molecule has 0 bridgehead atoms. The van der Waals surface area contributed by atoms with Crippen LogP contribution in [0, 0.1) is 16.7 Å². The fourth-order valence-electron chi connectivity index (χ4n) is 3.67. The molecule has 1 aromatic carbocycles. The second kappa shape index (κ2) is 8.80. The number of esters is 1. The standard InChI is InChI=1S/C23H21N3O2S/c1-3-12-23(15-24)19(17-11-8-13-25-14-17)18(21(27)28-4-2)20(26-22(23)29)16-9-6-5-7-10-16/h3,5-11,13-14,19H,1,4,12H2,2H3,(H,26,29)/t19-,23+/m0/s1. The number of nitrogens with zero attached hydrogens (tertiary/aromatic N) is 2. The molecule has 1 N–H and O–H groups in total. The molecule has 0 aliphatic carbocycles. The van der Waals surface area contributed by atoms with Crippen molar-refractivity contribution in [1.29, 1.82) is 5.26 Å². The third-order valence-corrected chi connectivity index (χ3v) is 5.40. The topological polar surface area (TPSA) is 75.0 Å². The summed E-state index contributed by atoms with van der Waals surface area (Å²) in [4.78, 5) is 17.7. The molecule has 0 saturated carbocycles. The molecule has 1 aromatic heterocycles. The molecule has 2 atom stereocenters. The van der Waals surface area contributed by atoms with E-state index in [0.717, 1.165) is 11.1 Å². The lowest BCUT2D eigenvalue weighted by molar-refractivity contribution is -0.139. The molecule has 0 saturated heterocycles. The van der Waals surface area contributed by atoms with Crippen molar-refractivity contribution in [2.24, 2.45) is 5.41 Å². The molecular weight excluding hydrogens is 382 g/mol. The highest BCUT2D eigenvalue weighted by Gasteiger charge is 2.51. The van der Waals surface area contributed by atoms with Gasteiger partial charge in [0.15, 0.2) is 0 Å². The fraction of sp³-hybridized carbons (Fsp3) is 0.217. The Labute approximate surface area is 175 Å². The Balaban J connectivity index is 2.37. The second-order valence-corrected chi connectivity index (χ2v) is 7.03. The second-order valence-electron chi connectivity index (χ2n) is 6.62. The van der Waals surface area contributed by atoms with Crippen LogP contribution in [0.3, 0.4) is 0 Å². The Morgan fingerprint density at radius 3 is 2.72 bits per heavy atom. The maximum absolute atomic E-state index is 13.2. The molecule has 6 heteroatoms. The van der Waals surface area contributed by atoms with Gasteiger partial charge in [0.25, 0.3) is 0 Å². The molecule has 146 valence electrons. The van der Waals surface area contributed by atoms with Crippen LogP contribution in [0.25, 0.3) is 5.70 Å². The minimum absolute atomic E-state index is 0.218. The van der Waals surface area contributed by atoms with Crippen LogP contribution in [0.4, 0.5) is 0 Å². The van der Waals surface area contributed by atoms with Crippen LogP contribution in [-0.2, 0) is 9.53 Å². The van der Waals surface area contributed by atoms with Crippen LogP contribution in [0.15, 0.2) is 73.1 Å². The number of hydrogen-bond donors (Lipinski definition) is 1. The first-order chi connectivity index (χ1) is 14.1. The van der Waals surface area contributed by atoms with Gasteiger partial charge in [-0.3, -0.25) is 4.98 Å². The number of ether oxygens (including phenoxy) is 1. The molecule has 0 fully saturated rings. The zero-order valence-corrected chi connectivity index (χ0v) is 16.9. The number of carbonyl (C=O) groups excluding carboxylic acids is 1. The van der Waals surface area contributed by atoms with E-state index < -0.39 is 17.3 Å². The zero-order valence-electron chi connectivity index (χ0n) is 16.1. The predicted octanol–water partition coefficient (Wildman–Crippen LogP) is 4.16. The number of benzene rings is 1. The van der Waals surface area contributed by atoms with Crippen LogP contribution in [0.2, 0.25) is 0 Å². The van der Waals surface area contributed by atoms with Crippen molar-refractivity contribution in [3.05, 3.63) is 84.2 Å². The minimum atomic E-state index is -1.18. The van der Waals surface area contributed by atoms with E-state index in [0.29, 0.717) is 16.3 Å². The van der Waals surface area contributed by atoms with Crippen molar-refractivity contribution >= 4 is 28.9 Å². The van der Waals surface area contributed by atoms with Gasteiger partial charge in [-0.25, -0.2) is 4.79 Å². The molecule has 1 aliphatic heterocycles. The summed E-state index contributed by atoms with van der Waals surface area (Å²) in [5, 5.41) is 13.4. The normalized spacial score (nSPS) is 21.1. The number of hydrogen-bond acceptors (Lipinski definition) is 5. The van der Waals surface area contributed by atoms with Gasteiger partial charge in [0.1, 0.15) is 10.4 Å². The first kappa shape index (κ1) is 20.4. The highest BCUT2D eigenvalue weighted by Crippen LogP contribution is 2.49. The summed E-state index contributed by atoms with van der Waals surface area (Å²) in [7, 11) is 0. The van der Waals surface area contributed by atoms with Gasteiger partial charge in [-0.15, -0.1) is 6.58 Å². The molecule has 5 nitrogen and oxygen atoms in total. The highest BCUT2D eigenvalue weighted by atomic mass is 32.1. The number of allylic oxidation sites excluding steroid dienone is 1. The van der Waals surface area contributed by atoms with E-state index in [1.165, 1.54) is 0 Å². The van der Waals surface area contributed by atoms with Crippen molar-refractivity contribution in [2.75, 3.05) is 6.61 Å². The van der Waals surface area contributed by atoms with E-state index >= 15 is 0 Å². The molecule has 3 rings (SSSR count). The van der Waals surface area contributed by atoms with Crippen LogP contribution in [-0.4, -0.2) is 22.5 Å². The summed E-state index contributed by atoms with van der Waals surface area (Å²) in [6, 6.07) is 15.4. The van der Waals surface area contributed by atoms with E-state index in [-0.39, 0.29) is 13.0 Å². The Hall–Kier alpha value is -3.30. The zero-order chi connectivity index (χ0) is 20.9. The average molecular weight is 404 g/mol. The van der Waals surface area contributed by atoms with E-state index in [1.807, 2.05) is 36.4 Å². The maximum atomic E-state index is 13.2. The van der Waals surface area contributed by atoms with E-state index in [9.17, 15) is 10.1 Å². The number of nitrogens with one attached hydrogen (secondary N) is 1. The van der Waals surface area contributed by atoms with Gasteiger partial charge in [-0.1, -0.05) is 54.7 Å². The van der Waals surface area contributed by atoms with Crippen molar-refractivity contribution < 1.29 is 9.53 Å². The Bertz CT molecular complexity index is 996. The van der Waals surface area contributed by atoms with Gasteiger partial charge < -0.3 is 10.1 Å². The van der Waals surface area contributed by atoms with Crippen molar-refractivity contribution in [3.63, 3.8) is 0 Å². The van der Waals surface area contributed by atoms with Gasteiger partial charge in [-0.2, -0.15) is 5.26 Å². The lowest BCUT2D eigenvalue weighted by atomic mass is 9.64. The average Bonchev–Trinajstić information content (AvgIpc) is 2.76. The minimum Gasteiger partial charge on any atom is -0.463 e. The van der Waals surface area contributed by atoms with Crippen LogP contribution in [0.1, 0.15) is 30.4 Å². The number of nitriles is 1. The third kappa shape index (κ3) is 3.69. The summed E-state index contributed by atoms with van der Waals surface area (Å²) in [5.74, 6) is -1.14. The highest BCUT2D eigenvalue weighted by molar-refractivity contribution is 7.80. The first-order valence-corrected chi connectivity index (χ1v) is 9.70. The molecule has 2 heterocycles. The smallest absolute Gasteiger partial charge is 0.336 e. The van der Waals surface area contributed by atoms with Crippen molar-refractivity contribution in [1.82, 2.24) is 10.3 Å². The molecule has 0 unspecified atom stereocenters. The van der Waals surface area contributed by atoms with Crippen molar-refractivity contribution in [3.8, 4) is 6.07 Å². The van der Waals surface area contributed by atoms with Gasteiger partial charge in [0.05, 0.1) is 23.9 Å². The van der Waals surface area contributed by atoms with Gasteiger partial charge in [0.2, 0.25) is 0 Å². The van der Waals surface area contributed by atoms with E-state index in [1.54, 1.807) is 31.5 Å². The Morgan fingerprint density at radius 1 is 1.38 bits per heavy atom. The summed E-state index contributed by atoms with van der Waals surface area (Å²) in [5.41, 5.74) is 1.24. The molecule has 0 amide bonds. The lowest BCUT2D eigenvalue weighted by Gasteiger charge is -2.41. The van der Waals surface area contributed by atoms with Crippen LogP contribution in [0.5, 0.6) is 0 Å². The summed E-state index contributed by atoms with van der Waals surface area (Å²) in [6.07, 6.45) is 5.24. The van der Waals surface area contributed by atoms with Crippen LogP contribution >= 0.6 is 12.2 Å². The monoisotopic (exact) mass is 403 g/mol. The Kier molecular flexibility index (Phi) is 6.20. The third-order valence-electron chi connectivity index (χ3n) is 4.94. The first-order valence-electron chi connectivity index (χ1n) is 9.29. The van der Waals surface area contributed by atoms with Crippen LogP contribution < -0.4 is 5.32 Å². The molecule has 0 spiro atoms. The maximum Gasteiger partial charge on any atom is 0.336 e. The van der Waals surface area contributed by atoms with E-state index in [4.69, 9.17) is 17.0 Å². The van der Waals surface area contributed by atoms with Gasteiger partial charge in [-0.05, 0) is 30.5 Å². The molecule has 2 aromatic rings. The molecule has 29 heavy (non-hydrogen) atoms. The Morgan fingerprint density at radius 2 is 2.14 bits per heavy atom. The van der Waals surface area contributed by atoms with Gasteiger partial charge in [0, 0.05) is 18.3 Å². The molecule has 1 aliphatic rings. The largest absolute Gasteiger partial charge is 0.463 e. The molecule has 0 radical (unpaired) electrons. The molecular formula is C23H21N3O2S. The lowest BCUT2D eigenvalue weighted by Crippen LogP contribution is -2.49. The number of pyridine rings is 1. The number of aromatic nitrogens is 1. The number of carbonyl (C=O) groups is 1. The number of rotatable bonds is 6. The SMILES string of the molecule is C=CC[C@]1(C#N)C(=S)NC(c2ccccc2)=C(C(=O)OCC)[C@@H]1c1cccnc1. The summed E-state index contributed by atoms with van der Waals surface area (Å²) >= 11 is 5.67. The predicted molar refractivity (Wildman–Crippen MR) is 116 cm³/mol. The van der Waals surface area contributed by atoms with E-state index in [2.05, 4.69) is 22.9 Å². The summed E-state index contributed by atoms with van der Waals surface area (Å²) in [6.45, 7) is 5.78.